The van der Waals surface area contributed by atoms with Crippen LogP contribution in [0.5, 0.6) is 17.2 Å². The Hall–Kier alpha value is -2.70. The van der Waals surface area contributed by atoms with Crippen molar-refractivity contribution in [2.45, 2.75) is 0 Å². The van der Waals surface area contributed by atoms with Crippen molar-refractivity contribution >= 4 is 0 Å². The zero-order chi connectivity index (χ0) is 13.2. The predicted molar refractivity (Wildman–Crippen MR) is 69.4 cm³/mol. The van der Waals surface area contributed by atoms with Crippen LogP contribution in [0.25, 0.3) is 0 Å². The molecule has 0 unspecified atom stereocenters. The molecule has 0 amide bonds. The number of terminal acetylenes is 3. The van der Waals surface area contributed by atoms with Gasteiger partial charge in [0, 0.05) is 0 Å². The Balaban J connectivity index is 2.98. The van der Waals surface area contributed by atoms with Crippen LogP contribution in [0.4, 0.5) is 0 Å². The molecule has 0 saturated carbocycles. The molecule has 3 nitrogen and oxygen atoms in total. The molecule has 0 aliphatic rings. The minimum Gasteiger partial charge on any atom is -0.477 e. The Labute approximate surface area is 107 Å². The molecule has 1 aromatic carbocycles. The zero-order valence-corrected chi connectivity index (χ0v) is 9.81. The fourth-order valence-electron chi connectivity index (χ4n) is 1.22. The summed E-state index contributed by atoms with van der Waals surface area (Å²) in [6, 6.07) is 5.18. The molecule has 0 radical (unpaired) electrons. The molecule has 18 heavy (non-hydrogen) atoms. The van der Waals surface area contributed by atoms with Gasteiger partial charge in [0.2, 0.25) is 5.75 Å². The van der Waals surface area contributed by atoms with E-state index in [0.717, 1.165) is 0 Å². The third kappa shape index (κ3) is 3.71. The van der Waals surface area contributed by atoms with E-state index in [9.17, 15) is 0 Å². The Morgan fingerprint density at radius 3 is 1.67 bits per heavy atom. The van der Waals surface area contributed by atoms with Gasteiger partial charge in [-0.25, -0.2) is 0 Å². The van der Waals surface area contributed by atoms with Crippen LogP contribution < -0.4 is 14.2 Å². The maximum absolute atomic E-state index is 5.39. The lowest BCUT2D eigenvalue weighted by molar-refractivity contribution is 0.286. The summed E-state index contributed by atoms with van der Waals surface area (Å²) in [6.45, 7) is 0.360. The van der Waals surface area contributed by atoms with Crippen LogP contribution in [0.3, 0.4) is 0 Å². The molecule has 0 saturated heterocycles. The van der Waals surface area contributed by atoms with Crippen molar-refractivity contribution in [3.05, 3.63) is 18.2 Å². The number of benzene rings is 1. The maximum atomic E-state index is 5.39. The van der Waals surface area contributed by atoms with Crippen LogP contribution in [0.15, 0.2) is 18.2 Å². The molecule has 0 N–H and O–H groups in total. The van der Waals surface area contributed by atoms with E-state index in [1.54, 1.807) is 18.2 Å². The van der Waals surface area contributed by atoms with Gasteiger partial charge in [-0.1, -0.05) is 23.8 Å². The first-order valence-electron chi connectivity index (χ1n) is 5.15. The highest BCUT2D eigenvalue weighted by atomic mass is 16.5. The summed E-state index contributed by atoms with van der Waals surface area (Å²) in [5.74, 6) is 8.45. The van der Waals surface area contributed by atoms with Crippen LogP contribution in [0.1, 0.15) is 0 Å². The van der Waals surface area contributed by atoms with Crippen LogP contribution in [0, 0.1) is 37.0 Å². The largest absolute Gasteiger partial charge is 0.477 e. The fourth-order valence-corrected chi connectivity index (χ4v) is 1.22. The van der Waals surface area contributed by atoms with Crippen molar-refractivity contribution in [3.8, 4) is 54.3 Å². The molecule has 90 valence electrons. The Morgan fingerprint density at radius 1 is 0.778 bits per heavy atom. The smallest absolute Gasteiger partial charge is 0.204 e. The molecule has 0 fully saturated rings. The summed E-state index contributed by atoms with van der Waals surface area (Å²) < 4.78 is 16.1. The van der Waals surface area contributed by atoms with Crippen LogP contribution in [-0.2, 0) is 0 Å². The third-order valence-electron chi connectivity index (χ3n) is 1.86. The zero-order valence-electron chi connectivity index (χ0n) is 9.81. The fraction of sp³-hybridized carbons (Fsp3) is 0.200. The third-order valence-corrected chi connectivity index (χ3v) is 1.86. The molecule has 0 aliphatic heterocycles. The Kier molecular flexibility index (Phi) is 5.61. The lowest BCUT2D eigenvalue weighted by atomic mass is 10.3. The van der Waals surface area contributed by atoms with Crippen LogP contribution >= 0.6 is 0 Å². The summed E-state index contributed by atoms with van der Waals surface area (Å²) >= 11 is 0. The lowest BCUT2D eigenvalue weighted by Gasteiger charge is -2.13. The van der Waals surface area contributed by atoms with Gasteiger partial charge < -0.3 is 14.2 Å². The predicted octanol–water partition coefficient (Wildman–Crippen LogP) is 1.72. The normalized spacial score (nSPS) is 8.50. The average Bonchev–Trinajstić information content (AvgIpc) is 2.41. The summed E-state index contributed by atoms with van der Waals surface area (Å²) in [5.41, 5.74) is 0. The number of rotatable bonds is 6. The van der Waals surface area contributed by atoms with Crippen molar-refractivity contribution in [3.63, 3.8) is 0 Å². The van der Waals surface area contributed by atoms with Gasteiger partial charge in [0.25, 0.3) is 0 Å². The van der Waals surface area contributed by atoms with E-state index in [0.29, 0.717) is 17.2 Å². The first-order chi connectivity index (χ1) is 8.83. The Morgan fingerprint density at radius 2 is 1.22 bits per heavy atom. The second kappa shape index (κ2) is 7.55. The van der Waals surface area contributed by atoms with Gasteiger partial charge in [-0.05, 0) is 12.1 Å². The number of ether oxygens (including phenoxy) is 3. The van der Waals surface area contributed by atoms with Gasteiger partial charge in [-0.3, -0.25) is 0 Å². The molecule has 3 heteroatoms. The van der Waals surface area contributed by atoms with Gasteiger partial charge in [-0.15, -0.1) is 19.3 Å². The molecule has 0 aliphatic carbocycles. The standard InChI is InChI=1S/C15H12O3/c1-4-10-16-13-8-7-9-14(17-11-5-2)15(13)18-12-6-3/h1-3,7-9H,10-12H2. The molecular formula is C15H12O3. The van der Waals surface area contributed by atoms with Gasteiger partial charge in [0.05, 0.1) is 0 Å². The van der Waals surface area contributed by atoms with Crippen LogP contribution in [-0.4, -0.2) is 19.8 Å². The van der Waals surface area contributed by atoms with Gasteiger partial charge in [0.15, 0.2) is 11.5 Å². The molecule has 1 rings (SSSR count). The molecule has 0 spiro atoms. The minimum atomic E-state index is 0.100. The van der Waals surface area contributed by atoms with Crippen molar-refractivity contribution in [1.82, 2.24) is 0 Å². The molecule has 0 heterocycles. The van der Waals surface area contributed by atoms with Crippen molar-refractivity contribution in [1.29, 1.82) is 0 Å². The van der Waals surface area contributed by atoms with E-state index in [-0.39, 0.29) is 19.8 Å². The SMILES string of the molecule is C#CCOc1cccc(OCC#C)c1OCC#C. The summed E-state index contributed by atoms with van der Waals surface area (Å²) in [5, 5.41) is 0. The molecule has 0 atom stereocenters. The van der Waals surface area contributed by atoms with E-state index in [2.05, 4.69) is 17.8 Å². The minimum absolute atomic E-state index is 0.100. The Bertz CT molecular complexity index is 476. The number of hydrogen-bond donors (Lipinski definition) is 0. The van der Waals surface area contributed by atoms with Gasteiger partial charge in [0.1, 0.15) is 19.8 Å². The highest BCUT2D eigenvalue weighted by Crippen LogP contribution is 2.37. The van der Waals surface area contributed by atoms with Crippen molar-refractivity contribution < 1.29 is 14.2 Å². The summed E-state index contributed by atoms with van der Waals surface area (Å²) in [6.07, 6.45) is 15.4. The first-order valence-corrected chi connectivity index (χ1v) is 5.15. The molecule has 1 aromatic rings. The van der Waals surface area contributed by atoms with E-state index < -0.39 is 0 Å². The van der Waals surface area contributed by atoms with E-state index in [1.165, 1.54) is 0 Å². The maximum Gasteiger partial charge on any atom is 0.204 e. The lowest BCUT2D eigenvalue weighted by Crippen LogP contribution is -2.03. The monoisotopic (exact) mass is 240 g/mol. The van der Waals surface area contributed by atoms with Crippen LogP contribution in [0.2, 0.25) is 0 Å². The number of para-hydroxylation sites is 1. The second-order valence-corrected chi connectivity index (χ2v) is 3.06. The second-order valence-electron chi connectivity index (χ2n) is 3.06. The van der Waals surface area contributed by atoms with Gasteiger partial charge >= 0.3 is 0 Å². The van der Waals surface area contributed by atoms with Gasteiger partial charge in [-0.2, -0.15) is 0 Å². The first kappa shape index (κ1) is 13.4. The van der Waals surface area contributed by atoms with Crippen molar-refractivity contribution in [2.24, 2.45) is 0 Å². The average molecular weight is 240 g/mol. The highest BCUT2D eigenvalue weighted by Gasteiger charge is 2.11. The van der Waals surface area contributed by atoms with Crippen molar-refractivity contribution in [2.75, 3.05) is 19.8 Å². The van der Waals surface area contributed by atoms with E-state index in [1.807, 2.05) is 0 Å². The van der Waals surface area contributed by atoms with E-state index in [4.69, 9.17) is 33.5 Å². The molecule has 0 bridgehead atoms. The molecule has 0 aromatic heterocycles. The highest BCUT2D eigenvalue weighted by molar-refractivity contribution is 5.51. The summed E-state index contributed by atoms with van der Waals surface area (Å²) in [4.78, 5) is 0. The number of hydrogen-bond acceptors (Lipinski definition) is 3. The topological polar surface area (TPSA) is 27.7 Å². The molecular weight excluding hydrogens is 228 g/mol. The summed E-state index contributed by atoms with van der Waals surface area (Å²) in [7, 11) is 0. The van der Waals surface area contributed by atoms with E-state index >= 15 is 0 Å². The quantitative estimate of drug-likeness (QED) is 0.709.